The third kappa shape index (κ3) is 4.06. The van der Waals surface area contributed by atoms with E-state index in [4.69, 9.17) is 5.73 Å². The van der Waals surface area contributed by atoms with Gasteiger partial charge in [-0.3, -0.25) is 4.79 Å². The number of alkyl halides is 3. The highest BCUT2D eigenvalue weighted by atomic mass is 19.4. The Morgan fingerprint density at radius 1 is 1.17 bits per heavy atom. The molecule has 0 fully saturated rings. The van der Waals surface area contributed by atoms with Crippen molar-refractivity contribution in [3.8, 4) is 11.4 Å². The van der Waals surface area contributed by atoms with Crippen molar-refractivity contribution in [3.05, 3.63) is 35.2 Å². The molecule has 0 aliphatic heterocycles. The lowest BCUT2D eigenvalue weighted by atomic mass is 10.0. The van der Waals surface area contributed by atoms with Gasteiger partial charge in [0.15, 0.2) is 11.6 Å². The highest BCUT2D eigenvalue weighted by molar-refractivity contribution is 5.73. The second-order valence-electron chi connectivity index (χ2n) is 4.99. The fourth-order valence-electron chi connectivity index (χ4n) is 2.02. The fourth-order valence-corrected chi connectivity index (χ4v) is 2.02. The smallest absolute Gasteiger partial charge is 0.370 e. The molecule has 1 amide bonds. The van der Waals surface area contributed by atoms with Gasteiger partial charge in [-0.25, -0.2) is 8.78 Å². The average Bonchev–Trinajstić information content (AvgIpc) is 2.97. The van der Waals surface area contributed by atoms with E-state index in [0.29, 0.717) is 12.8 Å². The maximum Gasteiger partial charge on any atom is 0.471 e. The van der Waals surface area contributed by atoms with E-state index in [-0.39, 0.29) is 18.4 Å². The predicted octanol–water partition coefficient (Wildman–Crippen LogP) is 3.23. The summed E-state index contributed by atoms with van der Waals surface area (Å²) in [6.07, 6.45) is -3.78. The predicted molar refractivity (Wildman–Crippen MR) is 71.4 cm³/mol. The first-order valence-electron chi connectivity index (χ1n) is 6.86. The van der Waals surface area contributed by atoms with E-state index in [1.54, 1.807) is 0 Å². The molecular weight excluding hydrogens is 337 g/mol. The van der Waals surface area contributed by atoms with Crippen molar-refractivity contribution in [1.29, 1.82) is 0 Å². The second-order valence-corrected chi connectivity index (χ2v) is 4.99. The number of halogens is 5. The first kappa shape index (κ1) is 17.8. The van der Waals surface area contributed by atoms with E-state index >= 15 is 0 Å². The summed E-state index contributed by atoms with van der Waals surface area (Å²) < 4.78 is 69.2. The molecule has 0 aliphatic carbocycles. The zero-order chi connectivity index (χ0) is 17.9. The van der Waals surface area contributed by atoms with E-state index in [1.807, 2.05) is 0 Å². The third-order valence-corrected chi connectivity index (χ3v) is 3.19. The monoisotopic (exact) mass is 349 g/mol. The number of nitrogens with zero attached hydrogens (tertiary/aromatic N) is 2. The van der Waals surface area contributed by atoms with Crippen LogP contribution in [0.3, 0.4) is 0 Å². The van der Waals surface area contributed by atoms with Crippen molar-refractivity contribution >= 4 is 5.91 Å². The Kier molecular flexibility index (Phi) is 5.15. The third-order valence-electron chi connectivity index (χ3n) is 3.19. The normalized spacial score (nSPS) is 11.7. The Hall–Kier alpha value is -2.52. The number of aryl methyl sites for hydroxylation is 1. The Morgan fingerprint density at radius 3 is 2.46 bits per heavy atom. The van der Waals surface area contributed by atoms with Crippen LogP contribution in [0, 0.1) is 11.6 Å². The van der Waals surface area contributed by atoms with Gasteiger partial charge in [-0.15, -0.1) is 0 Å². The molecule has 0 unspecified atom stereocenters. The van der Waals surface area contributed by atoms with Crippen molar-refractivity contribution < 1.29 is 31.3 Å². The van der Waals surface area contributed by atoms with E-state index in [9.17, 15) is 26.7 Å². The Balaban J connectivity index is 2.17. The van der Waals surface area contributed by atoms with Crippen LogP contribution in [0.25, 0.3) is 11.4 Å². The van der Waals surface area contributed by atoms with Gasteiger partial charge < -0.3 is 10.3 Å². The quantitative estimate of drug-likeness (QED) is 0.641. The topological polar surface area (TPSA) is 82.0 Å². The molecule has 1 heterocycles. The molecule has 2 rings (SSSR count). The summed E-state index contributed by atoms with van der Waals surface area (Å²) >= 11 is 0. The zero-order valence-corrected chi connectivity index (χ0v) is 12.2. The first-order chi connectivity index (χ1) is 11.2. The highest BCUT2D eigenvalue weighted by Gasteiger charge is 2.38. The van der Waals surface area contributed by atoms with Crippen LogP contribution in [0.5, 0.6) is 0 Å². The van der Waals surface area contributed by atoms with Crippen LogP contribution in [0.4, 0.5) is 22.0 Å². The first-order valence-corrected chi connectivity index (χ1v) is 6.86. The number of hydrogen-bond donors (Lipinski definition) is 1. The standard InChI is InChI=1S/C14H12F5N3O2/c15-10-7(3-1-2-4-9(20)23)5-6-8(11(10)16)12-21-13(24-22-12)14(17,18)19/h5-6H,1-4H2,(H2,20,23). The molecule has 1 aromatic carbocycles. The van der Waals surface area contributed by atoms with Crippen molar-refractivity contribution in [3.63, 3.8) is 0 Å². The van der Waals surface area contributed by atoms with Crippen molar-refractivity contribution in [2.45, 2.75) is 31.9 Å². The summed E-state index contributed by atoms with van der Waals surface area (Å²) in [4.78, 5) is 13.6. The van der Waals surface area contributed by atoms with Crippen LogP contribution in [-0.4, -0.2) is 16.0 Å². The lowest BCUT2D eigenvalue weighted by Gasteiger charge is -2.06. The van der Waals surface area contributed by atoms with Gasteiger partial charge in [-0.1, -0.05) is 11.2 Å². The molecular formula is C14H12F5N3O2. The number of rotatable bonds is 6. The Morgan fingerprint density at radius 2 is 1.88 bits per heavy atom. The van der Waals surface area contributed by atoms with Crippen LogP contribution in [0.2, 0.25) is 0 Å². The maximum absolute atomic E-state index is 14.0. The van der Waals surface area contributed by atoms with Crippen LogP contribution >= 0.6 is 0 Å². The van der Waals surface area contributed by atoms with Crippen LogP contribution in [-0.2, 0) is 17.4 Å². The lowest BCUT2D eigenvalue weighted by molar-refractivity contribution is -0.159. The molecule has 0 saturated carbocycles. The molecule has 5 nitrogen and oxygen atoms in total. The SMILES string of the molecule is NC(=O)CCCCc1ccc(-c2noc(C(F)(F)F)n2)c(F)c1F. The minimum Gasteiger partial charge on any atom is -0.370 e. The van der Waals surface area contributed by atoms with Gasteiger partial charge >= 0.3 is 12.1 Å². The van der Waals surface area contributed by atoms with Crippen molar-refractivity contribution in [2.75, 3.05) is 0 Å². The number of unbranched alkanes of at least 4 members (excludes halogenated alkanes) is 1. The van der Waals surface area contributed by atoms with Gasteiger partial charge in [-0.2, -0.15) is 18.2 Å². The lowest BCUT2D eigenvalue weighted by Crippen LogP contribution is -2.09. The number of carbonyl (C=O) groups excluding carboxylic acids is 1. The molecule has 2 aromatic rings. The molecule has 0 atom stereocenters. The van der Waals surface area contributed by atoms with E-state index in [1.165, 1.54) is 6.07 Å². The molecule has 0 aliphatic rings. The number of hydrogen-bond acceptors (Lipinski definition) is 4. The molecule has 130 valence electrons. The van der Waals surface area contributed by atoms with Crippen molar-refractivity contribution in [1.82, 2.24) is 10.1 Å². The number of amides is 1. The molecule has 1 aromatic heterocycles. The molecule has 0 saturated heterocycles. The minimum absolute atomic E-state index is 0.0280. The summed E-state index contributed by atoms with van der Waals surface area (Å²) in [6, 6.07) is 2.30. The van der Waals surface area contributed by atoms with Gasteiger partial charge in [0, 0.05) is 6.42 Å². The molecule has 0 radical (unpaired) electrons. The summed E-state index contributed by atoms with van der Waals surface area (Å²) in [5.41, 5.74) is 4.46. The van der Waals surface area contributed by atoms with E-state index < -0.39 is 41.0 Å². The van der Waals surface area contributed by atoms with Crippen molar-refractivity contribution in [2.24, 2.45) is 5.73 Å². The molecule has 10 heteroatoms. The zero-order valence-electron chi connectivity index (χ0n) is 12.2. The minimum atomic E-state index is -4.87. The van der Waals surface area contributed by atoms with Crippen LogP contribution in [0.1, 0.15) is 30.7 Å². The second kappa shape index (κ2) is 6.93. The highest BCUT2D eigenvalue weighted by Crippen LogP contribution is 2.31. The summed E-state index contributed by atoms with van der Waals surface area (Å²) in [5, 5.41) is 3.02. The Labute approximate surface area is 132 Å². The largest absolute Gasteiger partial charge is 0.471 e. The number of nitrogens with two attached hydrogens (primary N) is 1. The number of benzene rings is 1. The van der Waals surface area contributed by atoms with E-state index in [2.05, 4.69) is 14.7 Å². The summed E-state index contributed by atoms with van der Waals surface area (Å²) in [5.74, 6) is -5.40. The average molecular weight is 349 g/mol. The van der Waals surface area contributed by atoms with Crippen LogP contribution in [0.15, 0.2) is 16.7 Å². The molecule has 0 spiro atoms. The van der Waals surface area contributed by atoms with Gasteiger partial charge in [-0.05, 0) is 30.9 Å². The summed E-state index contributed by atoms with van der Waals surface area (Å²) in [7, 11) is 0. The maximum atomic E-state index is 14.0. The number of aromatic nitrogens is 2. The fraction of sp³-hybridized carbons (Fsp3) is 0.357. The summed E-state index contributed by atoms with van der Waals surface area (Å²) in [6.45, 7) is 0. The van der Waals surface area contributed by atoms with Crippen LogP contribution < -0.4 is 5.73 Å². The number of carbonyl (C=O) groups is 1. The van der Waals surface area contributed by atoms with Gasteiger partial charge in [0.1, 0.15) is 0 Å². The molecule has 0 bridgehead atoms. The van der Waals surface area contributed by atoms with Gasteiger partial charge in [0.25, 0.3) is 0 Å². The van der Waals surface area contributed by atoms with E-state index in [0.717, 1.165) is 6.07 Å². The Bertz CT molecular complexity index is 742. The van der Waals surface area contributed by atoms with Gasteiger partial charge in [0.05, 0.1) is 5.56 Å². The number of primary amides is 1. The van der Waals surface area contributed by atoms with Gasteiger partial charge in [0.2, 0.25) is 11.7 Å². The molecule has 2 N–H and O–H groups in total. The molecule has 24 heavy (non-hydrogen) atoms.